The van der Waals surface area contributed by atoms with Crippen LogP contribution >= 0.6 is 0 Å². The fraction of sp³-hybridized carbons (Fsp3) is 0.667. The summed E-state index contributed by atoms with van der Waals surface area (Å²) in [5, 5.41) is 0. The van der Waals surface area contributed by atoms with E-state index in [1.165, 1.54) is 0 Å². The van der Waals surface area contributed by atoms with E-state index in [0.717, 1.165) is 0 Å². The Hall–Kier alpha value is -0.773. The minimum absolute atomic E-state index is 0.434. The molecule has 0 bridgehead atoms. The smallest absolute Gasteiger partial charge is 0.276 e. The Balaban J connectivity index is 2.10. The number of allylic oxidation sites excluding steroid dienone is 4. The molecule has 29 heavy (non-hydrogen) atoms. The second-order valence-electron chi connectivity index (χ2n) is 10.7. The molecule has 2 aliphatic heterocycles. The van der Waals surface area contributed by atoms with E-state index in [9.17, 15) is 0 Å². The Morgan fingerprint density at radius 1 is 0.552 bits per heavy atom. The molecule has 160 valence electrons. The number of hydrogen-bond acceptors (Lipinski definition) is 2. The van der Waals surface area contributed by atoms with Gasteiger partial charge in [0, 0.05) is 0 Å². The third-order valence-corrected chi connectivity index (χ3v) is 11.1. The molecule has 0 saturated carbocycles. The minimum atomic E-state index is -1.52. The van der Waals surface area contributed by atoms with Crippen LogP contribution in [0.1, 0.15) is 55.4 Å². The maximum Gasteiger partial charge on any atom is 0.276 e. The van der Waals surface area contributed by atoms with Crippen molar-refractivity contribution in [3.05, 3.63) is 48.2 Å². The van der Waals surface area contributed by atoms with Gasteiger partial charge in [0.25, 0.3) is 13.7 Å². The third kappa shape index (κ3) is 5.68. The maximum absolute atomic E-state index is 2.59. The van der Waals surface area contributed by atoms with Gasteiger partial charge in [0.05, 0.1) is 8.07 Å². The van der Waals surface area contributed by atoms with Crippen LogP contribution in [-0.2, 0) is 0 Å². The van der Waals surface area contributed by atoms with E-state index in [1.54, 1.807) is 0 Å². The van der Waals surface area contributed by atoms with Crippen molar-refractivity contribution in [2.45, 2.75) is 104 Å². The van der Waals surface area contributed by atoms with Crippen LogP contribution in [0.25, 0.3) is 0 Å². The minimum Gasteiger partial charge on any atom is -0.330 e. The zero-order valence-corrected chi connectivity index (χ0v) is 21.6. The van der Waals surface area contributed by atoms with Crippen molar-refractivity contribution in [1.29, 1.82) is 0 Å². The van der Waals surface area contributed by atoms with Gasteiger partial charge in [0.1, 0.15) is 0 Å². The van der Waals surface area contributed by atoms with E-state index in [4.69, 9.17) is 0 Å². The normalized spacial score (nSPS) is 18.9. The highest BCUT2D eigenvalue weighted by molar-refractivity contribution is 6.83. The lowest BCUT2D eigenvalue weighted by atomic mass is 9.56. The lowest BCUT2D eigenvalue weighted by Crippen LogP contribution is -2.48. The lowest BCUT2D eigenvalue weighted by Gasteiger charge is -2.40. The average Bonchev–Trinajstić information content (AvgIpc) is 2.61. The van der Waals surface area contributed by atoms with Crippen LogP contribution in [0, 0.1) is 0 Å². The van der Waals surface area contributed by atoms with Crippen molar-refractivity contribution in [2.75, 3.05) is 0 Å². The number of rotatable bonds is 8. The highest BCUT2D eigenvalue weighted by Crippen LogP contribution is 2.40. The molecule has 0 aromatic rings. The molecule has 0 N–H and O–H groups in total. The molecule has 0 spiro atoms. The van der Waals surface area contributed by atoms with Crippen molar-refractivity contribution in [3.63, 3.8) is 0 Å². The van der Waals surface area contributed by atoms with Gasteiger partial charge in [-0.2, -0.15) is 0 Å². The predicted molar refractivity (Wildman–Crippen MR) is 137 cm³/mol. The molecule has 0 amide bonds. The molecule has 0 aromatic carbocycles. The monoisotopic (exact) mass is 410 g/mol. The summed E-state index contributed by atoms with van der Waals surface area (Å²) in [5.41, 5.74) is 1.20. The molecule has 0 aromatic heterocycles. The quantitative estimate of drug-likeness (QED) is 0.449. The first kappa shape index (κ1) is 24.5. The van der Waals surface area contributed by atoms with Gasteiger partial charge in [-0.05, 0) is 35.2 Å². The Morgan fingerprint density at radius 2 is 0.793 bits per heavy atom. The van der Waals surface area contributed by atoms with Crippen LogP contribution < -0.4 is 0 Å². The second kappa shape index (κ2) is 10.0. The van der Waals surface area contributed by atoms with Gasteiger partial charge < -0.3 is 9.62 Å². The van der Waals surface area contributed by atoms with Crippen molar-refractivity contribution >= 4 is 21.8 Å². The van der Waals surface area contributed by atoms with Gasteiger partial charge in [-0.1, -0.05) is 117 Å². The van der Waals surface area contributed by atoms with Crippen LogP contribution in [0.4, 0.5) is 0 Å². The first-order valence-corrected chi connectivity index (χ1v) is 14.9. The molecule has 2 aliphatic rings. The Labute approximate surface area is 183 Å². The third-order valence-electron chi connectivity index (χ3n) is 6.85. The zero-order valence-electron chi connectivity index (χ0n) is 20.6. The predicted octanol–water partition coefficient (Wildman–Crippen LogP) is 6.06. The van der Waals surface area contributed by atoms with Crippen molar-refractivity contribution in [1.82, 2.24) is 9.62 Å². The summed E-state index contributed by atoms with van der Waals surface area (Å²) in [4.78, 5) is 5.18. The molecule has 0 atom stereocenters. The highest BCUT2D eigenvalue weighted by atomic mass is 28.3. The summed E-state index contributed by atoms with van der Waals surface area (Å²) >= 11 is 0. The second-order valence-corrected chi connectivity index (χ2v) is 15.6. The standard InChI is InChI=1S/C24H44B2N2Si/c1-19(2)27(20(3)4)25-15-11-23(12-16-25)29(9,10)24-13-17-26(18-14-24)28(21(5)6)22(7)8/h11-24H,1-10H3. The summed E-state index contributed by atoms with van der Waals surface area (Å²) in [6.45, 7) is 24.4. The maximum atomic E-state index is 2.59. The molecular formula is C24H44B2N2Si. The van der Waals surface area contributed by atoms with Crippen LogP contribution in [0.5, 0.6) is 0 Å². The van der Waals surface area contributed by atoms with E-state index in [-0.39, 0.29) is 0 Å². The summed E-state index contributed by atoms with van der Waals surface area (Å²) in [6, 6.07) is 2.23. The van der Waals surface area contributed by atoms with Crippen molar-refractivity contribution in [2.24, 2.45) is 0 Å². The molecule has 2 rings (SSSR count). The van der Waals surface area contributed by atoms with Crippen LogP contribution in [0.3, 0.4) is 0 Å². The molecule has 0 fully saturated rings. The van der Waals surface area contributed by atoms with E-state index < -0.39 is 8.07 Å². The van der Waals surface area contributed by atoms with Gasteiger partial charge in [-0.25, -0.2) is 0 Å². The van der Waals surface area contributed by atoms with Crippen molar-refractivity contribution in [3.8, 4) is 0 Å². The van der Waals surface area contributed by atoms with Gasteiger partial charge in [-0.15, -0.1) is 0 Å². The molecular weight excluding hydrogens is 366 g/mol. The van der Waals surface area contributed by atoms with Crippen LogP contribution in [0.15, 0.2) is 48.2 Å². The van der Waals surface area contributed by atoms with Crippen molar-refractivity contribution < 1.29 is 0 Å². The highest BCUT2D eigenvalue weighted by Gasteiger charge is 2.38. The number of hydrogen-bond donors (Lipinski definition) is 0. The van der Waals surface area contributed by atoms with Gasteiger partial charge in [0.2, 0.25) is 0 Å². The SMILES string of the molecule is CC(C)N(B1C=CC([Si](C)(C)C2C=CB(N(C(C)C)C(C)C)C=C2)C=C1)C(C)C. The largest absolute Gasteiger partial charge is 0.330 e. The molecule has 5 heteroatoms. The molecule has 0 aliphatic carbocycles. The van der Waals surface area contributed by atoms with Gasteiger partial charge in [-0.3, -0.25) is 0 Å². The summed E-state index contributed by atoms with van der Waals surface area (Å²) in [5.74, 6) is 9.82. The van der Waals surface area contributed by atoms with Crippen LogP contribution in [-0.4, -0.2) is 55.6 Å². The molecule has 2 heterocycles. The molecule has 0 unspecified atom stereocenters. The summed E-state index contributed by atoms with van der Waals surface area (Å²) < 4.78 is 0. The zero-order chi connectivity index (χ0) is 21.9. The Bertz CT molecular complexity index is 551. The van der Waals surface area contributed by atoms with E-state index >= 15 is 0 Å². The van der Waals surface area contributed by atoms with E-state index in [1.807, 2.05) is 0 Å². The topological polar surface area (TPSA) is 6.48 Å². The summed E-state index contributed by atoms with van der Waals surface area (Å²) in [7, 11) is -1.52. The van der Waals surface area contributed by atoms with Gasteiger partial charge >= 0.3 is 0 Å². The fourth-order valence-electron chi connectivity index (χ4n) is 5.37. The average molecular weight is 410 g/mol. The van der Waals surface area contributed by atoms with Gasteiger partial charge in [0.15, 0.2) is 0 Å². The Kier molecular flexibility index (Phi) is 8.47. The van der Waals surface area contributed by atoms with E-state index in [0.29, 0.717) is 48.9 Å². The van der Waals surface area contributed by atoms with Crippen LogP contribution in [0.2, 0.25) is 24.2 Å². The lowest BCUT2D eigenvalue weighted by molar-refractivity contribution is 0.309. The molecule has 0 radical (unpaired) electrons. The number of nitrogens with zero attached hydrogens (tertiary/aromatic N) is 2. The molecule has 2 nitrogen and oxygen atoms in total. The summed E-state index contributed by atoms with van der Waals surface area (Å²) in [6.07, 6.45) is 10.0. The van der Waals surface area contributed by atoms with E-state index in [2.05, 4.69) is 126 Å². The Morgan fingerprint density at radius 3 is 1.00 bits per heavy atom. The fourth-order valence-corrected chi connectivity index (χ4v) is 8.25. The molecule has 0 saturated heterocycles. The first-order chi connectivity index (χ1) is 13.5. The first-order valence-electron chi connectivity index (χ1n) is 11.7.